The van der Waals surface area contributed by atoms with Gasteiger partial charge in [0.25, 0.3) is 0 Å². The highest BCUT2D eigenvalue weighted by Gasteiger charge is 2.38. The fourth-order valence-corrected chi connectivity index (χ4v) is 3.10. The Morgan fingerprint density at radius 3 is 2.58 bits per heavy atom. The van der Waals surface area contributed by atoms with Gasteiger partial charge in [0, 0.05) is 6.42 Å². The first-order chi connectivity index (χ1) is 8.92. The van der Waals surface area contributed by atoms with Crippen LogP contribution in [-0.2, 0) is 6.42 Å². The third-order valence-corrected chi connectivity index (χ3v) is 5.06. The summed E-state index contributed by atoms with van der Waals surface area (Å²) in [6, 6.07) is 5.37. The molecule has 0 radical (unpaired) electrons. The Kier molecular flexibility index (Phi) is 4.78. The zero-order chi connectivity index (χ0) is 14.0. The molecule has 1 unspecified atom stereocenters. The largest absolute Gasteiger partial charge is 0.390 e. The van der Waals surface area contributed by atoms with Crippen LogP contribution in [0.15, 0.2) is 18.2 Å². The molecule has 1 fully saturated rings. The molecular weight excluding hydrogens is 283 g/mol. The molecule has 1 aliphatic carbocycles. The zero-order valence-electron chi connectivity index (χ0n) is 11.1. The van der Waals surface area contributed by atoms with Crippen LogP contribution in [0.2, 0.25) is 10.0 Å². The average molecular weight is 303 g/mol. The molecule has 0 saturated heterocycles. The lowest BCUT2D eigenvalue weighted by Gasteiger charge is -2.38. The molecule has 106 valence electrons. The number of aliphatic hydroxyl groups excluding tert-OH is 1. The van der Waals surface area contributed by atoms with Crippen molar-refractivity contribution in [3.63, 3.8) is 0 Å². The van der Waals surface area contributed by atoms with Crippen LogP contribution in [-0.4, -0.2) is 21.9 Å². The molecule has 1 aliphatic rings. The van der Waals surface area contributed by atoms with Crippen molar-refractivity contribution in [3.05, 3.63) is 33.8 Å². The summed E-state index contributed by atoms with van der Waals surface area (Å²) >= 11 is 12.1. The minimum Gasteiger partial charge on any atom is -0.390 e. The molecule has 0 aliphatic heterocycles. The highest BCUT2D eigenvalue weighted by Crippen LogP contribution is 2.36. The summed E-state index contributed by atoms with van der Waals surface area (Å²) in [7, 11) is 0. The summed E-state index contributed by atoms with van der Waals surface area (Å²) in [6.07, 6.45) is 2.75. The second-order valence-corrected chi connectivity index (χ2v) is 6.50. The van der Waals surface area contributed by atoms with E-state index in [1.54, 1.807) is 6.07 Å². The maximum absolute atomic E-state index is 10.6. The van der Waals surface area contributed by atoms with Crippen LogP contribution in [0.3, 0.4) is 0 Å². The first-order valence-electron chi connectivity index (χ1n) is 6.76. The van der Waals surface area contributed by atoms with Gasteiger partial charge in [0.2, 0.25) is 0 Å². The zero-order valence-corrected chi connectivity index (χ0v) is 12.6. The van der Waals surface area contributed by atoms with E-state index in [0.29, 0.717) is 35.2 Å². The molecule has 1 aromatic carbocycles. The summed E-state index contributed by atoms with van der Waals surface area (Å²) in [4.78, 5) is 0. The third-order valence-electron chi connectivity index (χ3n) is 4.21. The normalized spacial score (nSPS) is 29.2. The van der Waals surface area contributed by atoms with Gasteiger partial charge in [0.1, 0.15) is 0 Å². The maximum Gasteiger partial charge on any atom is 0.0909 e. The van der Waals surface area contributed by atoms with Gasteiger partial charge >= 0.3 is 0 Å². The fraction of sp³-hybridized carbons (Fsp3) is 0.600. The molecule has 0 spiro atoms. The van der Waals surface area contributed by atoms with Crippen LogP contribution in [0.4, 0.5) is 0 Å². The van der Waals surface area contributed by atoms with E-state index in [9.17, 15) is 10.2 Å². The van der Waals surface area contributed by atoms with E-state index in [2.05, 4.69) is 6.92 Å². The van der Waals surface area contributed by atoms with Crippen molar-refractivity contribution in [1.82, 2.24) is 0 Å². The molecular formula is C15H20Cl2O2. The molecule has 19 heavy (non-hydrogen) atoms. The Morgan fingerprint density at radius 2 is 1.95 bits per heavy atom. The quantitative estimate of drug-likeness (QED) is 0.890. The smallest absolute Gasteiger partial charge is 0.0909 e. The van der Waals surface area contributed by atoms with Gasteiger partial charge in [-0.3, -0.25) is 0 Å². The number of hydrogen-bond acceptors (Lipinski definition) is 2. The van der Waals surface area contributed by atoms with Gasteiger partial charge in [-0.15, -0.1) is 0 Å². The van der Waals surface area contributed by atoms with E-state index in [1.807, 2.05) is 12.1 Å². The van der Waals surface area contributed by atoms with Gasteiger partial charge in [-0.2, -0.15) is 0 Å². The monoisotopic (exact) mass is 302 g/mol. The number of hydrogen-bond donors (Lipinski definition) is 2. The van der Waals surface area contributed by atoms with Crippen molar-refractivity contribution >= 4 is 23.2 Å². The standard InChI is InChI=1S/C15H20Cl2O2/c1-10-5-7-15(19,8-6-10)13(18)9-11-3-2-4-12(16)14(11)17/h2-4,10,13,18-19H,5-9H2,1H3. The van der Waals surface area contributed by atoms with Gasteiger partial charge < -0.3 is 10.2 Å². The van der Waals surface area contributed by atoms with E-state index < -0.39 is 11.7 Å². The summed E-state index contributed by atoms with van der Waals surface area (Å²) in [5.74, 6) is 0.627. The second kappa shape index (κ2) is 6.01. The van der Waals surface area contributed by atoms with Crippen LogP contribution < -0.4 is 0 Å². The topological polar surface area (TPSA) is 40.5 Å². The summed E-state index contributed by atoms with van der Waals surface area (Å²) < 4.78 is 0. The molecule has 1 atom stereocenters. The van der Waals surface area contributed by atoms with Crippen molar-refractivity contribution < 1.29 is 10.2 Å². The van der Waals surface area contributed by atoms with Crippen LogP contribution in [0.5, 0.6) is 0 Å². The van der Waals surface area contributed by atoms with Crippen LogP contribution in [0.25, 0.3) is 0 Å². The number of benzene rings is 1. The summed E-state index contributed by atoms with van der Waals surface area (Å²) in [5, 5.41) is 21.8. The molecule has 0 heterocycles. The van der Waals surface area contributed by atoms with Crippen molar-refractivity contribution in [3.8, 4) is 0 Å². The fourth-order valence-electron chi connectivity index (χ4n) is 2.70. The van der Waals surface area contributed by atoms with Crippen molar-refractivity contribution in [2.45, 2.75) is 50.7 Å². The predicted molar refractivity (Wildman–Crippen MR) is 78.8 cm³/mol. The first-order valence-corrected chi connectivity index (χ1v) is 7.51. The molecule has 4 heteroatoms. The van der Waals surface area contributed by atoms with Crippen molar-refractivity contribution in [1.29, 1.82) is 0 Å². The number of aliphatic hydroxyl groups is 2. The van der Waals surface area contributed by atoms with E-state index in [0.717, 1.165) is 18.4 Å². The highest BCUT2D eigenvalue weighted by atomic mass is 35.5. The molecule has 2 rings (SSSR count). The Labute approximate surface area is 124 Å². The van der Waals surface area contributed by atoms with Gasteiger partial charge in [-0.1, -0.05) is 42.3 Å². The minimum atomic E-state index is -0.988. The van der Waals surface area contributed by atoms with Crippen LogP contribution >= 0.6 is 23.2 Å². The van der Waals surface area contributed by atoms with Crippen LogP contribution in [0, 0.1) is 5.92 Å². The Balaban J connectivity index is 2.08. The summed E-state index contributed by atoms with van der Waals surface area (Å²) in [5.41, 5.74) is -0.202. The lowest BCUT2D eigenvalue weighted by molar-refractivity contribution is -0.102. The van der Waals surface area contributed by atoms with Crippen LogP contribution in [0.1, 0.15) is 38.2 Å². The molecule has 0 bridgehead atoms. The number of rotatable bonds is 3. The van der Waals surface area contributed by atoms with Gasteiger partial charge in [-0.25, -0.2) is 0 Å². The SMILES string of the molecule is CC1CCC(O)(C(O)Cc2cccc(Cl)c2Cl)CC1. The summed E-state index contributed by atoms with van der Waals surface area (Å²) in [6.45, 7) is 2.18. The predicted octanol–water partition coefficient (Wildman–Crippen LogP) is 3.84. The van der Waals surface area contributed by atoms with E-state index in [1.165, 1.54) is 0 Å². The molecule has 1 saturated carbocycles. The molecule has 2 N–H and O–H groups in total. The lowest BCUT2D eigenvalue weighted by atomic mass is 9.75. The van der Waals surface area contributed by atoms with Gasteiger partial charge in [-0.05, 0) is 43.2 Å². The second-order valence-electron chi connectivity index (χ2n) is 5.72. The Morgan fingerprint density at radius 1 is 1.32 bits per heavy atom. The van der Waals surface area contributed by atoms with Crippen molar-refractivity contribution in [2.24, 2.45) is 5.92 Å². The molecule has 2 nitrogen and oxygen atoms in total. The molecule has 0 aromatic heterocycles. The Hall–Kier alpha value is -0.280. The van der Waals surface area contributed by atoms with Gasteiger partial charge in [0.05, 0.1) is 21.8 Å². The minimum absolute atomic E-state index is 0.338. The van der Waals surface area contributed by atoms with Gasteiger partial charge in [0.15, 0.2) is 0 Å². The van der Waals surface area contributed by atoms with Crippen molar-refractivity contribution in [2.75, 3.05) is 0 Å². The number of halogens is 2. The average Bonchev–Trinajstić information content (AvgIpc) is 2.38. The maximum atomic E-state index is 10.6. The van der Waals surface area contributed by atoms with E-state index in [-0.39, 0.29) is 0 Å². The first kappa shape index (κ1) is 15.1. The Bertz CT molecular complexity index is 440. The van der Waals surface area contributed by atoms with E-state index in [4.69, 9.17) is 23.2 Å². The lowest BCUT2D eigenvalue weighted by Crippen LogP contribution is -2.46. The van der Waals surface area contributed by atoms with E-state index >= 15 is 0 Å². The highest BCUT2D eigenvalue weighted by molar-refractivity contribution is 6.42. The third kappa shape index (κ3) is 3.43. The molecule has 0 amide bonds. The molecule has 1 aromatic rings.